The van der Waals surface area contributed by atoms with Crippen molar-refractivity contribution >= 4 is 0 Å². The van der Waals surface area contributed by atoms with Crippen LogP contribution in [0.3, 0.4) is 0 Å². The molecule has 0 aliphatic carbocycles. The van der Waals surface area contributed by atoms with Gasteiger partial charge < -0.3 is 24.4 Å². The Labute approximate surface area is 237 Å². The number of nitrogens with one attached hydrogen (secondary N) is 2. The molecule has 41 heavy (non-hydrogen) atoms. The maximum absolute atomic E-state index is 12.9. The molecule has 0 saturated carbocycles. The van der Waals surface area contributed by atoms with Crippen LogP contribution in [0.15, 0.2) is 31.6 Å². The topological polar surface area (TPSA) is 178 Å². The lowest BCUT2D eigenvalue weighted by Gasteiger charge is -2.26. The van der Waals surface area contributed by atoms with Crippen LogP contribution in [0.4, 0.5) is 0 Å². The van der Waals surface area contributed by atoms with Gasteiger partial charge in [-0.05, 0) is 17.3 Å². The average molecular weight is 579 g/mol. The molecule has 4 rings (SSSR count). The summed E-state index contributed by atoms with van der Waals surface area (Å²) >= 11 is 0. The Hall–Kier alpha value is -2.84. The van der Waals surface area contributed by atoms with Crippen LogP contribution in [-0.2, 0) is 25.0 Å². The number of aromatic amines is 2. The number of rotatable bonds is 7. The third-order valence-electron chi connectivity index (χ3n) is 7.68. The zero-order valence-corrected chi connectivity index (χ0v) is 24.7. The first kappa shape index (κ1) is 31.1. The highest BCUT2D eigenvalue weighted by Crippen LogP contribution is 2.35. The minimum atomic E-state index is -1.10. The molecule has 13 nitrogen and oxygen atoms in total. The number of H-pyrrole nitrogens is 2. The van der Waals surface area contributed by atoms with Crippen molar-refractivity contribution in [3.8, 4) is 0 Å². The van der Waals surface area contributed by atoms with E-state index >= 15 is 0 Å². The minimum Gasteiger partial charge on any atom is -0.390 e. The van der Waals surface area contributed by atoms with Gasteiger partial charge in [0.2, 0.25) is 0 Å². The van der Waals surface area contributed by atoms with Crippen molar-refractivity contribution in [1.82, 2.24) is 19.1 Å². The van der Waals surface area contributed by atoms with Crippen LogP contribution < -0.4 is 22.5 Å². The number of aliphatic hydroxyl groups excluding tert-OH is 2. The predicted octanol–water partition coefficient (Wildman–Crippen LogP) is 0.774. The van der Waals surface area contributed by atoms with Crippen LogP contribution in [0.1, 0.15) is 91.3 Å². The molecular weight excluding hydrogens is 536 g/mol. The number of hydrogen-bond donors (Lipinski definition) is 4. The molecule has 0 spiro atoms. The molecule has 4 heterocycles. The number of aromatic nitrogens is 4. The second kappa shape index (κ2) is 11.4. The number of nitrogens with zero attached hydrogens (tertiary/aromatic N) is 2. The van der Waals surface area contributed by atoms with E-state index in [1.807, 2.05) is 48.5 Å². The van der Waals surface area contributed by atoms with Gasteiger partial charge in [0.25, 0.3) is 11.1 Å². The second-order valence-electron chi connectivity index (χ2n) is 13.0. The van der Waals surface area contributed by atoms with Crippen LogP contribution in [0.5, 0.6) is 0 Å². The standard InChI is InChI=1S/C28H42N4O9/c1-8-9-17-20(34)21(24(41-17)32-12-15(28(5,6)7)23(36)30-26(32)38)39-13-18-16(33)10-19(40-18)31-11-14(27(2,3)4)22(35)29-25(31)37/h11-12,16-21,24,33-34H,8-10,13H2,1-7H3,(H,29,35,37)(H,30,36,38). The number of aliphatic hydroxyl groups is 2. The van der Waals surface area contributed by atoms with Gasteiger partial charge in [0, 0.05) is 29.9 Å². The lowest BCUT2D eigenvalue weighted by molar-refractivity contribution is -0.118. The van der Waals surface area contributed by atoms with Crippen molar-refractivity contribution in [2.45, 2.75) is 122 Å². The summed E-state index contributed by atoms with van der Waals surface area (Å²) < 4.78 is 20.6. The molecule has 0 bridgehead atoms. The minimum absolute atomic E-state index is 0.0729. The first-order valence-corrected chi connectivity index (χ1v) is 14.0. The molecule has 228 valence electrons. The van der Waals surface area contributed by atoms with Gasteiger partial charge in [0.05, 0.1) is 18.8 Å². The molecule has 0 aromatic carbocycles. The Balaban J connectivity index is 1.58. The molecule has 2 aliphatic rings. The SMILES string of the molecule is CCCC1OC(n2cc(C(C)(C)C)c(=O)[nH]c2=O)C(OCC2OC(n3cc(C(C)(C)C)c(=O)[nH]c3=O)CC2O)C1O. The summed E-state index contributed by atoms with van der Waals surface area (Å²) in [5.74, 6) is 0. The van der Waals surface area contributed by atoms with E-state index in [1.54, 1.807) is 0 Å². The van der Waals surface area contributed by atoms with Crippen LogP contribution >= 0.6 is 0 Å². The third-order valence-corrected chi connectivity index (χ3v) is 7.68. The summed E-state index contributed by atoms with van der Waals surface area (Å²) in [6.07, 6.45) is -2.31. The summed E-state index contributed by atoms with van der Waals surface area (Å²) in [7, 11) is 0. The van der Waals surface area contributed by atoms with E-state index in [0.717, 1.165) is 0 Å². The molecule has 13 heteroatoms. The molecule has 2 fully saturated rings. The normalized spacial score (nSPS) is 28.9. The van der Waals surface area contributed by atoms with Crippen molar-refractivity contribution in [3.05, 3.63) is 65.2 Å². The summed E-state index contributed by atoms with van der Waals surface area (Å²) in [4.78, 5) is 54.9. The highest BCUT2D eigenvalue weighted by atomic mass is 16.6. The Morgan fingerprint density at radius 2 is 1.41 bits per heavy atom. The maximum Gasteiger partial charge on any atom is 0.330 e. The van der Waals surface area contributed by atoms with E-state index in [-0.39, 0.29) is 13.0 Å². The average Bonchev–Trinajstić information content (AvgIpc) is 3.35. The third kappa shape index (κ3) is 6.33. The summed E-state index contributed by atoms with van der Waals surface area (Å²) in [6.45, 7) is 12.9. The first-order valence-electron chi connectivity index (χ1n) is 14.0. The Morgan fingerprint density at radius 3 is 1.95 bits per heavy atom. The molecule has 0 amide bonds. The summed E-state index contributed by atoms with van der Waals surface area (Å²) in [5, 5.41) is 21.9. The lowest BCUT2D eigenvalue weighted by atomic mass is 9.89. The van der Waals surface area contributed by atoms with E-state index < -0.39 is 76.3 Å². The van der Waals surface area contributed by atoms with Gasteiger partial charge in [0.1, 0.15) is 24.5 Å². The Morgan fingerprint density at radius 1 is 0.878 bits per heavy atom. The summed E-state index contributed by atoms with van der Waals surface area (Å²) in [5.41, 5.74) is -2.67. The van der Waals surface area contributed by atoms with E-state index in [2.05, 4.69) is 9.97 Å². The van der Waals surface area contributed by atoms with Gasteiger partial charge in [-0.2, -0.15) is 0 Å². The van der Waals surface area contributed by atoms with E-state index in [9.17, 15) is 29.4 Å². The summed E-state index contributed by atoms with van der Waals surface area (Å²) in [6, 6.07) is 0. The fourth-order valence-electron chi connectivity index (χ4n) is 5.33. The van der Waals surface area contributed by atoms with Crippen molar-refractivity contribution < 1.29 is 24.4 Å². The van der Waals surface area contributed by atoms with E-state index in [0.29, 0.717) is 24.0 Å². The van der Waals surface area contributed by atoms with Gasteiger partial charge in [0.15, 0.2) is 6.23 Å². The van der Waals surface area contributed by atoms with Crippen molar-refractivity contribution in [2.24, 2.45) is 0 Å². The maximum atomic E-state index is 12.9. The molecule has 2 aliphatic heterocycles. The fourth-order valence-corrected chi connectivity index (χ4v) is 5.33. The van der Waals surface area contributed by atoms with Crippen molar-refractivity contribution in [1.29, 1.82) is 0 Å². The highest BCUT2D eigenvalue weighted by Gasteiger charge is 2.47. The van der Waals surface area contributed by atoms with Crippen LogP contribution in [0.25, 0.3) is 0 Å². The first-order chi connectivity index (χ1) is 19.0. The smallest absolute Gasteiger partial charge is 0.330 e. The van der Waals surface area contributed by atoms with Gasteiger partial charge in [-0.1, -0.05) is 54.9 Å². The van der Waals surface area contributed by atoms with Gasteiger partial charge in [-0.15, -0.1) is 0 Å². The Bertz CT molecular complexity index is 1480. The van der Waals surface area contributed by atoms with Crippen LogP contribution in [0, 0.1) is 0 Å². The van der Waals surface area contributed by atoms with E-state index in [4.69, 9.17) is 14.2 Å². The van der Waals surface area contributed by atoms with Gasteiger partial charge in [-0.25, -0.2) is 9.59 Å². The zero-order valence-electron chi connectivity index (χ0n) is 24.7. The second-order valence-corrected chi connectivity index (χ2v) is 13.0. The van der Waals surface area contributed by atoms with Gasteiger partial charge >= 0.3 is 11.4 Å². The number of hydrogen-bond acceptors (Lipinski definition) is 9. The molecule has 0 radical (unpaired) electrons. The van der Waals surface area contributed by atoms with E-state index in [1.165, 1.54) is 21.5 Å². The molecule has 2 aromatic rings. The molecule has 2 saturated heterocycles. The predicted molar refractivity (Wildman–Crippen MR) is 149 cm³/mol. The largest absolute Gasteiger partial charge is 0.390 e. The van der Waals surface area contributed by atoms with Crippen molar-refractivity contribution in [2.75, 3.05) is 6.61 Å². The zero-order chi connectivity index (χ0) is 30.4. The van der Waals surface area contributed by atoms with Crippen LogP contribution in [0.2, 0.25) is 0 Å². The van der Waals surface area contributed by atoms with Gasteiger partial charge in [-0.3, -0.25) is 28.7 Å². The fraction of sp³-hybridized carbons (Fsp3) is 0.714. The highest BCUT2D eigenvalue weighted by molar-refractivity contribution is 5.17. The molecule has 7 unspecified atom stereocenters. The quantitative estimate of drug-likeness (QED) is 0.369. The lowest BCUT2D eigenvalue weighted by Crippen LogP contribution is -2.42. The molecule has 7 atom stereocenters. The molecule has 4 N–H and O–H groups in total. The van der Waals surface area contributed by atoms with Crippen molar-refractivity contribution in [3.63, 3.8) is 0 Å². The monoisotopic (exact) mass is 578 g/mol. The Kier molecular flexibility index (Phi) is 8.68. The molecule has 2 aromatic heterocycles. The molecular formula is C28H42N4O9. The number of ether oxygens (including phenoxy) is 3. The van der Waals surface area contributed by atoms with Crippen LogP contribution in [-0.4, -0.2) is 66.4 Å².